The molecule has 3 saturated heterocycles. The molecule has 4 aliphatic heterocycles. The Labute approximate surface area is 439 Å². The zero-order chi connectivity index (χ0) is 56.3. The predicted octanol–water partition coefficient (Wildman–Crippen LogP) is -2.04. The maximum absolute atomic E-state index is 12.6. The average Bonchev–Trinajstić information content (AvgIpc) is 3.41. The second kappa shape index (κ2) is 24.0. The normalized spacial score (nSPS) is 30.9. The Balaban J connectivity index is 1.05. The summed E-state index contributed by atoms with van der Waals surface area (Å²) in [7, 11) is 0. The summed E-state index contributed by atoms with van der Waals surface area (Å²) in [6.45, 7) is -2.31. The van der Waals surface area contributed by atoms with Gasteiger partial charge in [0.15, 0.2) is 28.8 Å². The molecule has 420 valence electrons. The average molecular weight is 1100 g/mol. The first-order valence-corrected chi connectivity index (χ1v) is 23.7. The van der Waals surface area contributed by atoms with Crippen LogP contribution in [0.3, 0.4) is 0 Å². The van der Waals surface area contributed by atoms with Crippen LogP contribution in [0.15, 0.2) is 84.6 Å². The topological polar surface area (TPSA) is 444 Å². The number of carbonyl (C=O) groups is 2. The van der Waals surface area contributed by atoms with Crippen LogP contribution in [0.2, 0.25) is 0 Å². The van der Waals surface area contributed by atoms with Gasteiger partial charge in [-0.3, -0.25) is 0 Å². The fraction of sp³-hybridized carbons (Fsp3) is 0.373. The summed E-state index contributed by atoms with van der Waals surface area (Å²) in [5.41, 5.74) is 0.544. The molecule has 4 aromatic rings. The van der Waals surface area contributed by atoms with Crippen LogP contribution in [-0.4, -0.2) is 210 Å². The van der Waals surface area contributed by atoms with Crippen molar-refractivity contribution in [3.05, 3.63) is 107 Å². The Morgan fingerprint density at radius 3 is 1.59 bits per heavy atom. The van der Waals surface area contributed by atoms with Crippen LogP contribution in [0.4, 0.5) is 0 Å². The van der Waals surface area contributed by atoms with E-state index in [-0.39, 0.29) is 34.1 Å². The number of aromatic hydroxyl groups is 7. The van der Waals surface area contributed by atoms with Gasteiger partial charge in [-0.25, -0.2) is 9.59 Å². The fourth-order valence-corrected chi connectivity index (χ4v) is 8.41. The van der Waals surface area contributed by atoms with Gasteiger partial charge in [-0.1, -0.05) is 18.2 Å². The van der Waals surface area contributed by atoms with Crippen molar-refractivity contribution < 1.29 is 134 Å². The van der Waals surface area contributed by atoms with Gasteiger partial charge in [0.05, 0.1) is 18.2 Å². The van der Waals surface area contributed by atoms with Gasteiger partial charge in [0.2, 0.25) is 24.6 Å². The fourth-order valence-electron chi connectivity index (χ4n) is 8.41. The minimum atomic E-state index is -2.05. The minimum Gasteiger partial charge on any atom is -0.571 e. The molecule has 17 N–H and O–H groups in total. The molecule has 78 heavy (non-hydrogen) atoms. The molecular formula is C51H55O27+. The molecule has 0 aliphatic carbocycles. The van der Waals surface area contributed by atoms with Crippen molar-refractivity contribution in [2.45, 2.75) is 98.2 Å². The lowest BCUT2D eigenvalue weighted by atomic mass is 9.98. The van der Waals surface area contributed by atoms with Crippen LogP contribution >= 0.6 is 0 Å². The van der Waals surface area contributed by atoms with Crippen LogP contribution < -0.4 is 9.47 Å². The molecule has 4 heterocycles. The number of aliphatic hydroxyl groups is 11. The highest BCUT2D eigenvalue weighted by atomic mass is 16.7. The van der Waals surface area contributed by atoms with Gasteiger partial charge in [-0.2, -0.15) is 0 Å². The Morgan fingerprint density at radius 2 is 1.03 bits per heavy atom. The maximum Gasteiger partial charge on any atom is 0.330 e. The molecular weight excluding hydrogens is 1040 g/mol. The number of hydrogen-bond donors (Lipinski definition) is 16. The number of esters is 2. The number of phenolic OH excluding ortho intramolecular Hbond substituents is 6. The summed E-state index contributed by atoms with van der Waals surface area (Å²) < 4.78 is 49.8. The number of carbonyl (C=O) groups excluding carboxylic acids is 2. The summed E-state index contributed by atoms with van der Waals surface area (Å²) in [5.74, 6) is -6.77. The van der Waals surface area contributed by atoms with Gasteiger partial charge >= 0.3 is 11.9 Å². The van der Waals surface area contributed by atoms with E-state index in [4.69, 9.17) is 37.9 Å². The van der Waals surface area contributed by atoms with E-state index in [1.807, 2.05) is 0 Å². The lowest BCUT2D eigenvalue weighted by molar-refractivity contribution is -0.295. The Hall–Kier alpha value is -7.48. The van der Waals surface area contributed by atoms with E-state index in [0.717, 1.165) is 42.5 Å². The first-order chi connectivity index (χ1) is 37.1. The van der Waals surface area contributed by atoms with Crippen LogP contribution in [0.1, 0.15) is 28.4 Å². The third-order valence-corrected chi connectivity index (χ3v) is 12.7. The van der Waals surface area contributed by atoms with E-state index >= 15 is 0 Å². The highest BCUT2D eigenvalue weighted by Crippen LogP contribution is 2.49. The van der Waals surface area contributed by atoms with Crippen LogP contribution in [-0.2, 0) is 38.0 Å². The molecule has 16 unspecified atom stereocenters. The summed E-state index contributed by atoms with van der Waals surface area (Å²) in [5, 5.41) is 169. The van der Waals surface area contributed by atoms with Gasteiger partial charge in [-0.05, 0) is 59.7 Å². The molecule has 0 amide bonds. The van der Waals surface area contributed by atoms with Crippen molar-refractivity contribution in [1.82, 2.24) is 0 Å². The zero-order valence-electron chi connectivity index (χ0n) is 40.3. The highest BCUT2D eigenvalue weighted by molar-refractivity contribution is 5.87. The molecule has 16 atom stereocenters. The molecule has 3 fully saturated rings. The number of phenols is 6. The molecule has 0 saturated carbocycles. The number of benzene rings is 4. The number of fused-ring (bicyclic) bond motifs is 1. The van der Waals surface area contributed by atoms with E-state index in [1.165, 1.54) is 54.6 Å². The Bertz CT molecular complexity index is 2870. The predicted molar refractivity (Wildman–Crippen MR) is 258 cm³/mol. The van der Waals surface area contributed by atoms with Crippen molar-refractivity contribution in [2.24, 2.45) is 0 Å². The molecule has 0 aromatic heterocycles. The summed E-state index contributed by atoms with van der Waals surface area (Å²) in [4.78, 5) is 25.2. The lowest BCUT2D eigenvalue weighted by Gasteiger charge is -2.41. The quantitative estimate of drug-likeness (QED) is 0.0249. The molecule has 27 nitrogen and oxygen atoms in total. The molecule has 4 aliphatic rings. The van der Waals surface area contributed by atoms with E-state index in [2.05, 4.69) is 4.74 Å². The minimum absolute atomic E-state index is 0.00861. The third-order valence-electron chi connectivity index (χ3n) is 12.7. The second-order valence-electron chi connectivity index (χ2n) is 18.2. The van der Waals surface area contributed by atoms with Crippen molar-refractivity contribution in [2.75, 3.05) is 19.8 Å². The molecule has 4 aromatic carbocycles. The first kappa shape index (κ1) is 56.7. The van der Waals surface area contributed by atoms with Crippen LogP contribution in [0, 0.1) is 0 Å². The monoisotopic (exact) mass is 1100 g/mol. The number of hydrogen-bond acceptors (Lipinski definition) is 26. The van der Waals surface area contributed by atoms with Gasteiger partial charge in [0.1, 0.15) is 109 Å². The number of ether oxygens (including phenoxy) is 9. The summed E-state index contributed by atoms with van der Waals surface area (Å²) in [6, 6.07) is 13.6. The molecule has 0 bridgehead atoms. The van der Waals surface area contributed by atoms with Gasteiger partial charge in [-0.15, -0.1) is 0 Å². The standard InChI is InChI=1S/C51H54O27/c52-17-33-39(61)42(64)45(67)51(76-33)75-32-16-25-29(14-24(54)15-30(25)73-49-46(68)43(65)40(62)34(77-49)18-71-37(59)10-5-21-3-8-26(55)27(56)11-21)72-48(32)22-12-28(57)38(60)31(13-22)74-50-47(69)44(66)41(63)35(78-50)19-70-36(58)9-4-20-1-6-23(53)7-2-20/h1-16,33-35,39-57,60-69H,17-19H2/p+1. The van der Waals surface area contributed by atoms with E-state index in [9.17, 15) is 91.3 Å². The SMILES string of the molecule is O=C(C=Cc1ccc(O)cc1)OCC1OC(Oc2cc(C3[OH+]c4cc(O)cc(OC5OC(COC(=O)C=Cc6ccc(O)c(O)c6)C(O)C(O)C5O)c4C=C3OC3OC(CO)C(O)C(O)C3O)cc(O)c2O)C(O)C(O)C1O. The second-order valence-corrected chi connectivity index (χ2v) is 18.2. The number of rotatable bonds is 16. The number of aliphatic hydroxyl groups excluding tert-OH is 10. The zero-order valence-corrected chi connectivity index (χ0v) is 40.3. The van der Waals surface area contributed by atoms with E-state index < -0.39 is 164 Å². The van der Waals surface area contributed by atoms with Crippen molar-refractivity contribution in [3.63, 3.8) is 0 Å². The Kier molecular flexibility index (Phi) is 17.5. The summed E-state index contributed by atoms with van der Waals surface area (Å²) in [6.07, 6.45) is -23.8. The van der Waals surface area contributed by atoms with Crippen molar-refractivity contribution in [1.29, 1.82) is 0 Å². The lowest BCUT2D eigenvalue weighted by Crippen LogP contribution is -2.60. The smallest absolute Gasteiger partial charge is 0.330 e. The Morgan fingerprint density at radius 1 is 0.513 bits per heavy atom. The largest absolute Gasteiger partial charge is 0.571 e. The van der Waals surface area contributed by atoms with Gasteiger partial charge in [0.25, 0.3) is 11.9 Å². The van der Waals surface area contributed by atoms with Crippen LogP contribution in [0.25, 0.3) is 18.2 Å². The highest BCUT2D eigenvalue weighted by Gasteiger charge is 2.50. The third kappa shape index (κ3) is 12.6. The van der Waals surface area contributed by atoms with Crippen molar-refractivity contribution >= 4 is 30.2 Å². The van der Waals surface area contributed by atoms with Gasteiger partial charge < -0.3 is 124 Å². The molecule has 0 spiro atoms. The molecule has 27 heteroatoms. The summed E-state index contributed by atoms with van der Waals surface area (Å²) >= 11 is 0. The molecule has 0 radical (unpaired) electrons. The first-order valence-electron chi connectivity index (χ1n) is 23.7. The molecule has 8 rings (SSSR count). The van der Waals surface area contributed by atoms with Crippen LogP contribution in [0.5, 0.6) is 51.7 Å². The maximum atomic E-state index is 12.6. The van der Waals surface area contributed by atoms with E-state index in [0.29, 0.717) is 11.1 Å². The van der Waals surface area contributed by atoms with Crippen molar-refractivity contribution in [3.8, 4) is 51.7 Å². The van der Waals surface area contributed by atoms with E-state index in [1.54, 1.807) is 0 Å². The van der Waals surface area contributed by atoms with Gasteiger partial charge in [0, 0.05) is 24.3 Å².